The van der Waals surface area contributed by atoms with Crippen molar-refractivity contribution in [2.45, 2.75) is 20.4 Å². The van der Waals surface area contributed by atoms with Gasteiger partial charge < -0.3 is 5.32 Å². The van der Waals surface area contributed by atoms with Crippen LogP contribution in [0.4, 0.5) is 5.69 Å². The van der Waals surface area contributed by atoms with Gasteiger partial charge in [-0.25, -0.2) is 0 Å². The molecule has 3 aromatic rings. The van der Waals surface area contributed by atoms with Gasteiger partial charge in [0.25, 0.3) is 0 Å². The lowest BCUT2D eigenvalue weighted by atomic mass is 10.1. The molecule has 0 aliphatic rings. The summed E-state index contributed by atoms with van der Waals surface area (Å²) in [4.78, 5) is 4.59. The fourth-order valence-electron chi connectivity index (χ4n) is 2.52. The van der Waals surface area contributed by atoms with E-state index in [1.807, 2.05) is 13.0 Å². The van der Waals surface area contributed by atoms with Crippen molar-refractivity contribution in [1.29, 1.82) is 0 Å². The average Bonchev–Trinajstić information content (AvgIpc) is 2.48. The summed E-state index contributed by atoms with van der Waals surface area (Å²) in [5, 5.41) is 4.72. The summed E-state index contributed by atoms with van der Waals surface area (Å²) in [6, 6.07) is 16.7. The summed E-state index contributed by atoms with van der Waals surface area (Å²) in [5.41, 5.74) is 5.72. The van der Waals surface area contributed by atoms with Crippen molar-refractivity contribution < 1.29 is 0 Å². The van der Waals surface area contributed by atoms with Crippen LogP contribution in [0.5, 0.6) is 0 Å². The van der Waals surface area contributed by atoms with Gasteiger partial charge in [0.2, 0.25) is 0 Å². The van der Waals surface area contributed by atoms with Gasteiger partial charge in [-0.2, -0.15) is 0 Å². The van der Waals surface area contributed by atoms with Crippen LogP contribution in [0.25, 0.3) is 10.9 Å². The highest BCUT2D eigenvalue weighted by atomic mass is 79.9. The zero-order valence-electron chi connectivity index (χ0n) is 12.2. The topological polar surface area (TPSA) is 24.9 Å². The van der Waals surface area contributed by atoms with Crippen molar-refractivity contribution in [2.24, 2.45) is 0 Å². The molecule has 0 radical (unpaired) electrons. The van der Waals surface area contributed by atoms with Gasteiger partial charge in [-0.3, -0.25) is 4.98 Å². The highest BCUT2D eigenvalue weighted by Crippen LogP contribution is 2.27. The Morgan fingerprint density at radius 1 is 1.05 bits per heavy atom. The standard InChI is InChI=1S/C18H17BrN2/c1-12-6-5-9-17(18(12)19)20-11-14-10-13(2)21-16-8-4-3-7-15(14)16/h3-10,20H,11H2,1-2H3. The highest BCUT2D eigenvalue weighted by Gasteiger charge is 2.06. The molecule has 0 atom stereocenters. The van der Waals surface area contributed by atoms with E-state index in [-0.39, 0.29) is 0 Å². The Balaban J connectivity index is 1.93. The predicted octanol–water partition coefficient (Wildman–Crippen LogP) is 5.23. The largest absolute Gasteiger partial charge is 0.380 e. The number of aromatic nitrogens is 1. The lowest BCUT2D eigenvalue weighted by Gasteiger charge is -2.12. The summed E-state index contributed by atoms with van der Waals surface area (Å²) in [6.07, 6.45) is 0. The number of aryl methyl sites for hydroxylation is 2. The van der Waals surface area contributed by atoms with E-state index in [0.29, 0.717) is 0 Å². The molecule has 0 saturated carbocycles. The number of rotatable bonds is 3. The van der Waals surface area contributed by atoms with Gasteiger partial charge in [0.15, 0.2) is 0 Å². The first-order chi connectivity index (χ1) is 10.1. The minimum Gasteiger partial charge on any atom is -0.380 e. The molecule has 1 aromatic heterocycles. The quantitative estimate of drug-likeness (QED) is 0.706. The van der Waals surface area contributed by atoms with Gasteiger partial charge in [-0.05, 0) is 59.1 Å². The first-order valence-electron chi connectivity index (χ1n) is 6.99. The van der Waals surface area contributed by atoms with Crippen LogP contribution in [0.1, 0.15) is 16.8 Å². The number of fused-ring (bicyclic) bond motifs is 1. The monoisotopic (exact) mass is 340 g/mol. The van der Waals surface area contributed by atoms with E-state index in [0.717, 1.165) is 27.9 Å². The molecule has 0 spiro atoms. The van der Waals surface area contributed by atoms with Gasteiger partial charge in [0.1, 0.15) is 0 Å². The summed E-state index contributed by atoms with van der Waals surface area (Å²) < 4.78 is 1.13. The first-order valence-corrected chi connectivity index (χ1v) is 7.79. The molecule has 0 aliphatic heterocycles. The number of pyridine rings is 1. The molecule has 21 heavy (non-hydrogen) atoms. The summed E-state index contributed by atoms with van der Waals surface area (Å²) in [6.45, 7) is 4.92. The third-order valence-corrected chi connectivity index (χ3v) is 4.64. The Kier molecular flexibility index (Phi) is 3.93. The van der Waals surface area contributed by atoms with Crippen molar-refractivity contribution in [3.63, 3.8) is 0 Å². The Morgan fingerprint density at radius 3 is 2.71 bits per heavy atom. The highest BCUT2D eigenvalue weighted by molar-refractivity contribution is 9.10. The van der Waals surface area contributed by atoms with Crippen LogP contribution in [-0.2, 0) is 6.54 Å². The molecule has 3 heteroatoms. The number of nitrogens with one attached hydrogen (secondary N) is 1. The minimum atomic E-state index is 0.784. The molecular formula is C18H17BrN2. The zero-order chi connectivity index (χ0) is 14.8. The molecule has 106 valence electrons. The van der Waals surface area contributed by atoms with E-state index in [1.54, 1.807) is 0 Å². The van der Waals surface area contributed by atoms with E-state index in [4.69, 9.17) is 0 Å². The third kappa shape index (κ3) is 2.93. The molecule has 0 aliphatic carbocycles. The van der Waals surface area contributed by atoms with Crippen LogP contribution < -0.4 is 5.32 Å². The normalized spacial score (nSPS) is 10.8. The predicted molar refractivity (Wildman–Crippen MR) is 92.7 cm³/mol. The number of halogens is 1. The maximum Gasteiger partial charge on any atom is 0.0708 e. The average molecular weight is 341 g/mol. The van der Waals surface area contributed by atoms with Crippen LogP contribution >= 0.6 is 15.9 Å². The fraction of sp³-hybridized carbons (Fsp3) is 0.167. The van der Waals surface area contributed by atoms with Crippen molar-refractivity contribution >= 4 is 32.5 Å². The lowest BCUT2D eigenvalue weighted by Crippen LogP contribution is -2.02. The lowest BCUT2D eigenvalue weighted by molar-refractivity contribution is 1.13. The minimum absolute atomic E-state index is 0.784. The van der Waals surface area contributed by atoms with Gasteiger partial charge in [0, 0.05) is 27.8 Å². The van der Waals surface area contributed by atoms with Crippen molar-refractivity contribution in [3.05, 3.63) is 69.8 Å². The third-order valence-electron chi connectivity index (χ3n) is 3.59. The van der Waals surface area contributed by atoms with E-state index in [1.165, 1.54) is 16.5 Å². The molecule has 0 unspecified atom stereocenters. The van der Waals surface area contributed by atoms with Gasteiger partial charge in [-0.15, -0.1) is 0 Å². The molecule has 1 heterocycles. The van der Waals surface area contributed by atoms with Crippen molar-refractivity contribution in [2.75, 3.05) is 5.32 Å². The molecule has 0 saturated heterocycles. The van der Waals surface area contributed by atoms with Crippen LogP contribution in [0, 0.1) is 13.8 Å². The van der Waals surface area contributed by atoms with Crippen LogP contribution in [0.3, 0.4) is 0 Å². The van der Waals surface area contributed by atoms with Gasteiger partial charge in [0.05, 0.1) is 5.52 Å². The Bertz CT molecular complexity index is 796. The molecular weight excluding hydrogens is 324 g/mol. The molecule has 0 bridgehead atoms. The molecule has 2 aromatic carbocycles. The van der Waals surface area contributed by atoms with Crippen LogP contribution in [-0.4, -0.2) is 4.98 Å². The second-order valence-corrected chi connectivity index (χ2v) is 6.02. The molecule has 3 rings (SSSR count). The second kappa shape index (κ2) is 5.86. The number of nitrogens with zero attached hydrogens (tertiary/aromatic N) is 1. The number of hydrogen-bond acceptors (Lipinski definition) is 2. The number of hydrogen-bond donors (Lipinski definition) is 1. The Labute approximate surface area is 133 Å². The maximum atomic E-state index is 4.59. The van der Waals surface area contributed by atoms with E-state index >= 15 is 0 Å². The second-order valence-electron chi connectivity index (χ2n) is 5.23. The van der Waals surface area contributed by atoms with E-state index in [2.05, 4.69) is 75.6 Å². The number of para-hydroxylation sites is 1. The summed E-state index contributed by atoms with van der Waals surface area (Å²) >= 11 is 3.64. The van der Waals surface area contributed by atoms with Crippen molar-refractivity contribution in [1.82, 2.24) is 4.98 Å². The zero-order valence-corrected chi connectivity index (χ0v) is 13.7. The van der Waals surface area contributed by atoms with Gasteiger partial charge >= 0.3 is 0 Å². The van der Waals surface area contributed by atoms with Gasteiger partial charge in [-0.1, -0.05) is 30.3 Å². The Hall–Kier alpha value is -1.87. The molecule has 2 nitrogen and oxygen atoms in total. The maximum absolute atomic E-state index is 4.59. The summed E-state index contributed by atoms with van der Waals surface area (Å²) in [5.74, 6) is 0. The van der Waals surface area contributed by atoms with E-state index < -0.39 is 0 Å². The van der Waals surface area contributed by atoms with Crippen LogP contribution in [0.2, 0.25) is 0 Å². The molecule has 0 amide bonds. The Morgan fingerprint density at radius 2 is 1.86 bits per heavy atom. The summed E-state index contributed by atoms with van der Waals surface area (Å²) in [7, 11) is 0. The number of benzene rings is 2. The number of anilines is 1. The fourth-order valence-corrected chi connectivity index (χ4v) is 2.92. The van der Waals surface area contributed by atoms with E-state index in [9.17, 15) is 0 Å². The molecule has 0 fully saturated rings. The smallest absolute Gasteiger partial charge is 0.0708 e. The van der Waals surface area contributed by atoms with Crippen molar-refractivity contribution in [3.8, 4) is 0 Å². The SMILES string of the molecule is Cc1cc(CNc2cccc(C)c2Br)c2ccccc2n1. The first kappa shape index (κ1) is 14.1. The molecule has 1 N–H and O–H groups in total. The van der Waals surface area contributed by atoms with Crippen LogP contribution in [0.15, 0.2) is 53.0 Å².